The second-order valence-corrected chi connectivity index (χ2v) is 6.19. The zero-order valence-electron chi connectivity index (χ0n) is 13.3. The van der Waals surface area contributed by atoms with Crippen molar-refractivity contribution >= 4 is 0 Å². The molecule has 21 heavy (non-hydrogen) atoms. The molecule has 1 aromatic carbocycles. The first kappa shape index (κ1) is 15.8. The minimum absolute atomic E-state index is 0.364. The lowest BCUT2D eigenvalue weighted by molar-refractivity contribution is 0.0250. The number of nitrogens with zero attached hydrogens (tertiary/aromatic N) is 3. The third-order valence-electron chi connectivity index (χ3n) is 4.52. The number of rotatable bonds is 7. The molecule has 1 aliphatic rings. The largest absolute Gasteiger partial charge is 0.492 e. The minimum Gasteiger partial charge on any atom is -0.492 e. The van der Waals surface area contributed by atoms with Crippen molar-refractivity contribution in [2.24, 2.45) is 0 Å². The molecule has 0 aromatic heterocycles. The fourth-order valence-electron chi connectivity index (χ4n) is 2.86. The van der Waals surface area contributed by atoms with Crippen molar-refractivity contribution in [3.63, 3.8) is 0 Å². The van der Waals surface area contributed by atoms with Crippen LogP contribution >= 0.6 is 0 Å². The van der Waals surface area contributed by atoms with E-state index in [1.807, 2.05) is 12.1 Å². The zero-order valence-corrected chi connectivity index (χ0v) is 13.3. The predicted molar refractivity (Wildman–Crippen MR) is 84.4 cm³/mol. The van der Waals surface area contributed by atoms with Crippen LogP contribution in [0.5, 0.6) is 5.75 Å². The van der Waals surface area contributed by atoms with Gasteiger partial charge in [-0.1, -0.05) is 0 Å². The number of likely N-dealkylation sites (N-methyl/N-ethyl adjacent to an activating group) is 2. The first-order valence-corrected chi connectivity index (χ1v) is 7.55. The maximum absolute atomic E-state index is 8.76. The van der Waals surface area contributed by atoms with E-state index in [4.69, 9.17) is 10.00 Å². The molecule has 1 aromatic rings. The highest BCUT2D eigenvalue weighted by atomic mass is 16.5. The van der Waals surface area contributed by atoms with Gasteiger partial charge in [-0.05, 0) is 64.7 Å². The van der Waals surface area contributed by atoms with Gasteiger partial charge < -0.3 is 14.5 Å². The van der Waals surface area contributed by atoms with E-state index in [-0.39, 0.29) is 0 Å². The predicted octanol–water partition coefficient (Wildman–Crippen LogP) is 2.35. The maximum Gasteiger partial charge on any atom is 0.119 e. The summed E-state index contributed by atoms with van der Waals surface area (Å²) in [5, 5.41) is 8.76. The van der Waals surface area contributed by atoms with Crippen LogP contribution in [0.4, 0.5) is 0 Å². The fraction of sp³-hybridized carbons (Fsp3) is 0.588. The molecular weight excluding hydrogens is 262 g/mol. The maximum atomic E-state index is 8.76. The highest BCUT2D eigenvalue weighted by Gasteiger charge is 2.39. The van der Waals surface area contributed by atoms with Crippen LogP contribution in [0.3, 0.4) is 0 Å². The fourth-order valence-corrected chi connectivity index (χ4v) is 2.86. The highest BCUT2D eigenvalue weighted by Crippen LogP contribution is 2.36. The summed E-state index contributed by atoms with van der Waals surface area (Å²) in [6.07, 6.45) is 3.93. The Hall–Kier alpha value is -1.57. The summed E-state index contributed by atoms with van der Waals surface area (Å²) in [5.41, 5.74) is 1.03. The molecule has 4 heteroatoms. The Kier molecular flexibility index (Phi) is 5.22. The Balaban J connectivity index is 1.74. The molecule has 0 N–H and O–H groups in total. The van der Waals surface area contributed by atoms with E-state index in [1.165, 1.54) is 19.3 Å². The molecule has 0 aliphatic heterocycles. The van der Waals surface area contributed by atoms with Gasteiger partial charge in [0.1, 0.15) is 12.4 Å². The van der Waals surface area contributed by atoms with Crippen LogP contribution in [0.25, 0.3) is 0 Å². The molecular formula is C17H25N3O. The van der Waals surface area contributed by atoms with Crippen molar-refractivity contribution in [1.82, 2.24) is 9.80 Å². The summed E-state index contributed by atoms with van der Waals surface area (Å²) in [6, 6.07) is 9.39. The van der Waals surface area contributed by atoms with E-state index in [0.29, 0.717) is 17.7 Å². The Morgan fingerprint density at radius 2 is 1.86 bits per heavy atom. The lowest BCUT2D eigenvalue weighted by atomic mass is 9.75. The van der Waals surface area contributed by atoms with Crippen LogP contribution in [0.15, 0.2) is 24.3 Å². The Labute approximate surface area is 127 Å². The van der Waals surface area contributed by atoms with Crippen molar-refractivity contribution in [1.29, 1.82) is 5.26 Å². The lowest BCUT2D eigenvalue weighted by Crippen LogP contribution is -2.57. The Morgan fingerprint density at radius 1 is 1.19 bits per heavy atom. The standard InChI is InChI=1S/C17H25N3O/c1-19(2)17(9-4-10-17)14-20(3)11-12-21-16-7-5-15(13-18)6-8-16/h5-8H,4,9-12,14H2,1-3H3. The van der Waals surface area contributed by atoms with E-state index in [2.05, 4.69) is 37.0 Å². The molecule has 0 atom stereocenters. The summed E-state index contributed by atoms with van der Waals surface area (Å²) in [7, 11) is 6.52. The summed E-state index contributed by atoms with van der Waals surface area (Å²) >= 11 is 0. The van der Waals surface area contributed by atoms with Gasteiger partial charge in [0.05, 0.1) is 11.6 Å². The van der Waals surface area contributed by atoms with Crippen molar-refractivity contribution in [3.8, 4) is 11.8 Å². The molecule has 0 saturated heterocycles. The number of ether oxygens (including phenoxy) is 1. The smallest absolute Gasteiger partial charge is 0.119 e. The number of hydrogen-bond donors (Lipinski definition) is 0. The monoisotopic (exact) mass is 287 g/mol. The van der Waals surface area contributed by atoms with Gasteiger partial charge in [-0.2, -0.15) is 5.26 Å². The van der Waals surface area contributed by atoms with Gasteiger partial charge in [-0.3, -0.25) is 0 Å². The molecule has 114 valence electrons. The SMILES string of the molecule is CN(CCOc1ccc(C#N)cc1)CC1(N(C)C)CCC1. The minimum atomic E-state index is 0.364. The van der Waals surface area contributed by atoms with Crippen molar-refractivity contribution in [2.45, 2.75) is 24.8 Å². The molecule has 0 unspecified atom stereocenters. The molecule has 0 spiro atoms. The van der Waals surface area contributed by atoms with Crippen molar-refractivity contribution in [2.75, 3.05) is 40.8 Å². The van der Waals surface area contributed by atoms with Gasteiger partial charge in [0.2, 0.25) is 0 Å². The molecule has 0 amide bonds. The Morgan fingerprint density at radius 3 is 2.33 bits per heavy atom. The normalized spacial score (nSPS) is 16.6. The first-order valence-electron chi connectivity index (χ1n) is 7.55. The average molecular weight is 287 g/mol. The van der Waals surface area contributed by atoms with Crippen LogP contribution in [0.1, 0.15) is 24.8 Å². The molecule has 0 bridgehead atoms. The quantitative estimate of drug-likeness (QED) is 0.772. The van der Waals surface area contributed by atoms with Gasteiger partial charge in [-0.15, -0.1) is 0 Å². The van der Waals surface area contributed by atoms with Crippen LogP contribution in [0, 0.1) is 11.3 Å². The topological polar surface area (TPSA) is 39.5 Å². The van der Waals surface area contributed by atoms with Crippen molar-refractivity contribution < 1.29 is 4.74 Å². The molecule has 2 rings (SSSR count). The van der Waals surface area contributed by atoms with Gasteiger partial charge in [0, 0.05) is 18.6 Å². The molecule has 1 saturated carbocycles. The van der Waals surface area contributed by atoms with E-state index in [1.54, 1.807) is 12.1 Å². The van der Waals surface area contributed by atoms with E-state index < -0.39 is 0 Å². The first-order chi connectivity index (χ1) is 10.1. The summed E-state index contributed by atoms with van der Waals surface area (Å²) in [4.78, 5) is 4.72. The number of benzene rings is 1. The third kappa shape index (κ3) is 3.96. The lowest BCUT2D eigenvalue weighted by Gasteiger charge is -2.49. The van der Waals surface area contributed by atoms with Gasteiger partial charge >= 0.3 is 0 Å². The van der Waals surface area contributed by atoms with Crippen LogP contribution in [-0.4, -0.2) is 56.2 Å². The molecule has 0 heterocycles. The van der Waals surface area contributed by atoms with Crippen molar-refractivity contribution in [3.05, 3.63) is 29.8 Å². The van der Waals surface area contributed by atoms with Gasteiger partial charge in [-0.25, -0.2) is 0 Å². The Bertz CT molecular complexity index is 486. The molecule has 1 fully saturated rings. The van der Waals surface area contributed by atoms with Crippen LogP contribution < -0.4 is 4.74 Å². The van der Waals surface area contributed by atoms with E-state index in [0.717, 1.165) is 18.8 Å². The average Bonchev–Trinajstić information content (AvgIpc) is 2.43. The number of hydrogen-bond acceptors (Lipinski definition) is 4. The van der Waals surface area contributed by atoms with Crippen LogP contribution in [-0.2, 0) is 0 Å². The van der Waals surface area contributed by atoms with E-state index >= 15 is 0 Å². The summed E-state index contributed by atoms with van der Waals surface area (Å²) < 4.78 is 5.74. The molecule has 0 radical (unpaired) electrons. The second kappa shape index (κ2) is 6.93. The van der Waals surface area contributed by atoms with Crippen LogP contribution in [0.2, 0.25) is 0 Å². The zero-order chi connectivity index (χ0) is 15.3. The van der Waals surface area contributed by atoms with Gasteiger partial charge in [0.15, 0.2) is 0 Å². The third-order valence-corrected chi connectivity index (χ3v) is 4.52. The van der Waals surface area contributed by atoms with E-state index in [9.17, 15) is 0 Å². The second-order valence-electron chi connectivity index (χ2n) is 6.19. The number of nitriles is 1. The summed E-state index contributed by atoms with van der Waals surface area (Å²) in [5.74, 6) is 0.827. The molecule has 4 nitrogen and oxygen atoms in total. The highest BCUT2D eigenvalue weighted by molar-refractivity contribution is 5.34. The van der Waals surface area contributed by atoms with Gasteiger partial charge in [0.25, 0.3) is 0 Å². The summed E-state index contributed by atoms with van der Waals surface area (Å²) in [6.45, 7) is 2.68. The molecule has 1 aliphatic carbocycles.